The van der Waals surface area contributed by atoms with E-state index >= 15 is 0 Å². The highest BCUT2D eigenvalue weighted by molar-refractivity contribution is 6.19. The molecule has 0 unspecified atom stereocenters. The lowest BCUT2D eigenvalue weighted by molar-refractivity contribution is 1.19. The van der Waals surface area contributed by atoms with E-state index in [9.17, 15) is 0 Å². The van der Waals surface area contributed by atoms with Crippen molar-refractivity contribution in [2.45, 2.75) is 0 Å². The van der Waals surface area contributed by atoms with Crippen molar-refractivity contribution in [3.63, 3.8) is 0 Å². The number of benzene rings is 7. The fourth-order valence-corrected chi connectivity index (χ4v) is 6.17. The Hall–Kier alpha value is -5.60. The summed E-state index contributed by atoms with van der Waals surface area (Å²) in [6, 6.07) is 58.5. The summed E-state index contributed by atoms with van der Waals surface area (Å²) in [6.07, 6.45) is 0. The highest BCUT2D eigenvalue weighted by Gasteiger charge is 2.16. The molecule has 42 heavy (non-hydrogen) atoms. The summed E-state index contributed by atoms with van der Waals surface area (Å²) in [5.74, 6) is 0. The van der Waals surface area contributed by atoms with Gasteiger partial charge < -0.3 is 9.88 Å². The molecule has 0 bridgehead atoms. The van der Waals surface area contributed by atoms with Gasteiger partial charge in [-0.25, -0.2) is 0 Å². The summed E-state index contributed by atoms with van der Waals surface area (Å²) in [5.41, 5.74) is 10.6. The van der Waals surface area contributed by atoms with Crippen LogP contribution < -0.4 is 5.32 Å². The minimum absolute atomic E-state index is 1.06. The first-order valence-electron chi connectivity index (χ1n) is 14.4. The number of aromatic nitrogens is 1. The Labute approximate surface area is 245 Å². The molecule has 0 aliphatic rings. The van der Waals surface area contributed by atoms with Gasteiger partial charge in [0.1, 0.15) is 0 Å². The van der Waals surface area contributed by atoms with Gasteiger partial charge in [-0.15, -0.1) is 0 Å². The number of para-hydroxylation sites is 2. The van der Waals surface area contributed by atoms with Crippen molar-refractivity contribution in [3.8, 4) is 27.9 Å². The van der Waals surface area contributed by atoms with Gasteiger partial charge in [0.25, 0.3) is 0 Å². The molecule has 0 spiro atoms. The summed E-state index contributed by atoms with van der Waals surface area (Å²) in [5, 5.41) is 8.70. The Morgan fingerprint density at radius 3 is 1.93 bits per heavy atom. The number of nitrogens with zero attached hydrogens (tertiary/aromatic N) is 1. The maximum absolute atomic E-state index is 3.64. The maximum atomic E-state index is 3.64. The lowest BCUT2D eigenvalue weighted by Gasteiger charge is -2.13. The van der Waals surface area contributed by atoms with Gasteiger partial charge in [-0.2, -0.15) is 0 Å². The number of hydrogen-bond donors (Lipinski definition) is 1. The zero-order chi connectivity index (χ0) is 27.9. The Kier molecular flexibility index (Phi) is 5.82. The van der Waals surface area contributed by atoms with Crippen molar-refractivity contribution in [2.24, 2.45) is 0 Å². The van der Waals surface area contributed by atoms with Crippen LogP contribution in [0.4, 0.5) is 11.4 Å². The van der Waals surface area contributed by atoms with Crippen LogP contribution in [0, 0.1) is 0 Å². The van der Waals surface area contributed by atoms with Crippen LogP contribution in [0.25, 0.3) is 60.5 Å². The predicted molar refractivity (Wildman–Crippen MR) is 179 cm³/mol. The topological polar surface area (TPSA) is 17.0 Å². The Balaban J connectivity index is 1.22. The Bertz CT molecular complexity index is 2190. The first-order chi connectivity index (χ1) is 20.8. The van der Waals surface area contributed by atoms with E-state index in [1.807, 2.05) is 0 Å². The summed E-state index contributed by atoms with van der Waals surface area (Å²) in [7, 11) is 0. The van der Waals surface area contributed by atoms with Gasteiger partial charge in [0, 0.05) is 38.8 Å². The molecular weight excluding hydrogens is 508 g/mol. The van der Waals surface area contributed by atoms with Gasteiger partial charge in [0.15, 0.2) is 0 Å². The van der Waals surface area contributed by atoms with Crippen LogP contribution in [0.15, 0.2) is 164 Å². The van der Waals surface area contributed by atoms with E-state index in [2.05, 4.69) is 174 Å². The SMILES string of the molecule is c1ccc(-c2ccccc2Nc2ccc(-c3ccc4c5ccc6ccccc6c5n(-c5ccccc5)c4c3)cc2)cc1. The smallest absolute Gasteiger partial charge is 0.0619 e. The summed E-state index contributed by atoms with van der Waals surface area (Å²) < 4.78 is 2.42. The van der Waals surface area contributed by atoms with Crippen molar-refractivity contribution < 1.29 is 0 Å². The van der Waals surface area contributed by atoms with Gasteiger partial charge >= 0.3 is 0 Å². The van der Waals surface area contributed by atoms with E-state index in [0.717, 1.165) is 11.4 Å². The molecule has 0 fully saturated rings. The zero-order valence-corrected chi connectivity index (χ0v) is 23.0. The third-order valence-electron chi connectivity index (χ3n) is 8.18. The van der Waals surface area contributed by atoms with Crippen LogP contribution in [-0.4, -0.2) is 4.57 Å². The molecule has 8 rings (SSSR count). The van der Waals surface area contributed by atoms with E-state index in [1.54, 1.807) is 0 Å². The molecule has 198 valence electrons. The molecule has 0 atom stereocenters. The number of anilines is 2. The van der Waals surface area contributed by atoms with Crippen molar-refractivity contribution >= 4 is 44.0 Å². The van der Waals surface area contributed by atoms with Gasteiger partial charge in [-0.3, -0.25) is 0 Å². The van der Waals surface area contributed by atoms with Crippen LogP contribution in [0.5, 0.6) is 0 Å². The van der Waals surface area contributed by atoms with E-state index in [4.69, 9.17) is 0 Å². The minimum Gasteiger partial charge on any atom is -0.355 e. The fraction of sp³-hybridized carbons (Fsp3) is 0. The van der Waals surface area contributed by atoms with Crippen molar-refractivity contribution in [2.75, 3.05) is 5.32 Å². The standard InChI is InChI=1S/C40H28N2/c1-3-11-29(12-4-1)34-16-9-10-18-38(34)41-32-23-19-28(20-24-32)31-22-25-36-37-26-21-30-13-7-8-17-35(30)40(37)42(39(36)27-31)33-14-5-2-6-15-33/h1-27,41H. The second-order valence-electron chi connectivity index (χ2n) is 10.7. The quantitative estimate of drug-likeness (QED) is 0.231. The van der Waals surface area contributed by atoms with Crippen molar-refractivity contribution in [1.82, 2.24) is 4.57 Å². The number of nitrogens with one attached hydrogen (secondary N) is 1. The third kappa shape index (κ3) is 4.13. The molecule has 2 nitrogen and oxygen atoms in total. The summed E-state index contributed by atoms with van der Waals surface area (Å²) in [4.78, 5) is 0. The van der Waals surface area contributed by atoms with Crippen molar-refractivity contribution in [3.05, 3.63) is 164 Å². The third-order valence-corrected chi connectivity index (χ3v) is 8.18. The minimum atomic E-state index is 1.06. The molecule has 0 saturated heterocycles. The van der Waals surface area contributed by atoms with E-state index in [-0.39, 0.29) is 0 Å². The monoisotopic (exact) mass is 536 g/mol. The average Bonchev–Trinajstić information content (AvgIpc) is 3.40. The molecule has 0 aliphatic carbocycles. The van der Waals surface area contributed by atoms with E-state index < -0.39 is 0 Å². The maximum Gasteiger partial charge on any atom is 0.0619 e. The lowest BCUT2D eigenvalue weighted by atomic mass is 10.0. The summed E-state index contributed by atoms with van der Waals surface area (Å²) >= 11 is 0. The lowest BCUT2D eigenvalue weighted by Crippen LogP contribution is -1.94. The highest BCUT2D eigenvalue weighted by Crippen LogP contribution is 2.38. The molecule has 8 aromatic rings. The largest absolute Gasteiger partial charge is 0.355 e. The molecule has 0 aliphatic heterocycles. The molecule has 2 heteroatoms. The molecule has 0 radical (unpaired) electrons. The van der Waals surface area contributed by atoms with Gasteiger partial charge in [-0.05, 0) is 58.5 Å². The number of fused-ring (bicyclic) bond motifs is 5. The van der Waals surface area contributed by atoms with Crippen LogP contribution in [0.3, 0.4) is 0 Å². The van der Waals surface area contributed by atoms with Crippen LogP contribution in [0.1, 0.15) is 0 Å². The van der Waals surface area contributed by atoms with E-state index in [0.29, 0.717) is 0 Å². The fourth-order valence-electron chi connectivity index (χ4n) is 6.17. The van der Waals surface area contributed by atoms with Crippen LogP contribution in [0.2, 0.25) is 0 Å². The Morgan fingerprint density at radius 1 is 0.429 bits per heavy atom. The zero-order valence-electron chi connectivity index (χ0n) is 23.0. The molecular formula is C40H28N2. The van der Waals surface area contributed by atoms with Crippen LogP contribution >= 0.6 is 0 Å². The first-order valence-corrected chi connectivity index (χ1v) is 14.4. The molecule has 7 aromatic carbocycles. The molecule has 0 amide bonds. The van der Waals surface area contributed by atoms with E-state index in [1.165, 1.54) is 60.5 Å². The number of hydrogen-bond acceptors (Lipinski definition) is 1. The summed E-state index contributed by atoms with van der Waals surface area (Å²) in [6.45, 7) is 0. The predicted octanol–water partition coefficient (Wildman–Crippen LogP) is 11.0. The molecule has 1 N–H and O–H groups in total. The molecule has 1 heterocycles. The Morgan fingerprint density at radius 2 is 1.10 bits per heavy atom. The number of rotatable bonds is 5. The van der Waals surface area contributed by atoms with Gasteiger partial charge in [0.2, 0.25) is 0 Å². The van der Waals surface area contributed by atoms with Gasteiger partial charge in [0.05, 0.1) is 11.0 Å². The van der Waals surface area contributed by atoms with Crippen molar-refractivity contribution in [1.29, 1.82) is 0 Å². The second kappa shape index (κ2) is 10.1. The average molecular weight is 537 g/mol. The van der Waals surface area contributed by atoms with Gasteiger partial charge in [-0.1, -0.05) is 127 Å². The normalized spacial score (nSPS) is 11.3. The van der Waals surface area contributed by atoms with Crippen LogP contribution in [-0.2, 0) is 0 Å². The second-order valence-corrected chi connectivity index (χ2v) is 10.7. The highest BCUT2D eigenvalue weighted by atomic mass is 15.0. The molecule has 0 saturated carbocycles. The first kappa shape index (κ1) is 24.2. The molecule has 1 aromatic heterocycles.